The SMILES string of the molecule is COc1cccc(C(=O)Oc2ccc(C(=O)COC(=O)CCN3C(=O)C4C5C=CC(C6CC56)C4C3=O)cc2)c1. The Hall–Kier alpha value is -4.27. The Morgan fingerprint density at radius 3 is 2.18 bits per heavy atom. The number of carbonyl (C=O) groups excluding carboxylic acids is 5. The molecule has 9 heteroatoms. The van der Waals surface area contributed by atoms with Gasteiger partial charge in [0.1, 0.15) is 11.5 Å². The standard InChI is InChI=1S/C30H27NO8/c1-37-19-4-2-3-17(13-19)30(36)39-18-7-5-16(6-8-18)24(32)15-38-25(33)11-12-31-28(34)26-20-9-10-21(23-14-22(20)23)27(26)29(31)35/h2-10,13,20-23,26-27H,11-12,14-15H2,1H3. The lowest BCUT2D eigenvalue weighted by atomic mass is 9.63. The molecule has 0 aromatic heterocycles. The number of hydrogen-bond acceptors (Lipinski definition) is 8. The molecule has 200 valence electrons. The zero-order valence-corrected chi connectivity index (χ0v) is 21.3. The molecule has 1 aliphatic heterocycles. The van der Waals surface area contributed by atoms with Crippen molar-refractivity contribution in [3.8, 4) is 11.5 Å². The lowest BCUT2D eigenvalue weighted by Gasteiger charge is -2.37. The number of ether oxygens (including phenoxy) is 3. The number of ketones is 1. The second-order valence-corrected chi connectivity index (χ2v) is 10.5. The number of carbonyl (C=O) groups is 5. The zero-order chi connectivity index (χ0) is 27.3. The summed E-state index contributed by atoms with van der Waals surface area (Å²) in [5, 5.41) is 0. The third-order valence-electron chi connectivity index (χ3n) is 8.35. The van der Waals surface area contributed by atoms with Crippen molar-refractivity contribution in [1.29, 1.82) is 0 Å². The molecule has 1 saturated heterocycles. The number of imide groups is 1. The van der Waals surface area contributed by atoms with Crippen LogP contribution in [0.3, 0.4) is 0 Å². The molecule has 6 atom stereocenters. The van der Waals surface area contributed by atoms with E-state index >= 15 is 0 Å². The summed E-state index contributed by atoms with van der Waals surface area (Å²) in [6.07, 6.45) is 5.13. The van der Waals surface area contributed by atoms with Gasteiger partial charge in [-0.25, -0.2) is 4.79 Å². The summed E-state index contributed by atoms with van der Waals surface area (Å²) < 4.78 is 15.6. The van der Waals surface area contributed by atoms with E-state index in [2.05, 4.69) is 12.2 Å². The van der Waals surface area contributed by atoms with E-state index in [1.54, 1.807) is 24.3 Å². The van der Waals surface area contributed by atoms with Crippen LogP contribution in [0.4, 0.5) is 0 Å². The molecular weight excluding hydrogens is 502 g/mol. The first kappa shape index (κ1) is 25.0. The van der Waals surface area contributed by atoms with Crippen molar-refractivity contribution in [2.75, 3.05) is 20.3 Å². The molecule has 2 aromatic carbocycles. The van der Waals surface area contributed by atoms with Crippen molar-refractivity contribution in [2.24, 2.45) is 35.5 Å². The van der Waals surface area contributed by atoms with Crippen LogP contribution in [-0.4, -0.2) is 54.7 Å². The predicted octanol–water partition coefficient (Wildman–Crippen LogP) is 3.08. The van der Waals surface area contributed by atoms with Gasteiger partial charge in [-0.05, 0) is 72.6 Å². The lowest BCUT2D eigenvalue weighted by Crippen LogP contribution is -2.40. The Morgan fingerprint density at radius 1 is 0.872 bits per heavy atom. The maximum absolute atomic E-state index is 13.0. The molecule has 4 aliphatic carbocycles. The highest BCUT2D eigenvalue weighted by Gasteiger charge is 2.66. The molecule has 5 aliphatic rings. The molecule has 9 nitrogen and oxygen atoms in total. The summed E-state index contributed by atoms with van der Waals surface area (Å²) in [6.45, 7) is -0.522. The molecule has 1 heterocycles. The number of nitrogens with zero attached hydrogens (tertiary/aromatic N) is 1. The van der Waals surface area contributed by atoms with Gasteiger partial charge in [0.05, 0.1) is 30.9 Å². The van der Waals surface area contributed by atoms with E-state index in [-0.39, 0.29) is 59.8 Å². The van der Waals surface area contributed by atoms with Gasteiger partial charge in [-0.15, -0.1) is 0 Å². The van der Waals surface area contributed by atoms with E-state index in [1.165, 1.54) is 36.3 Å². The largest absolute Gasteiger partial charge is 0.497 e. The van der Waals surface area contributed by atoms with Gasteiger partial charge in [0.25, 0.3) is 0 Å². The quantitative estimate of drug-likeness (QED) is 0.160. The number of esters is 2. The van der Waals surface area contributed by atoms with Crippen molar-refractivity contribution < 1.29 is 38.2 Å². The third kappa shape index (κ3) is 4.51. The van der Waals surface area contributed by atoms with E-state index in [1.807, 2.05) is 0 Å². The molecule has 3 fully saturated rings. The molecule has 6 unspecified atom stereocenters. The van der Waals surface area contributed by atoms with E-state index in [9.17, 15) is 24.0 Å². The Labute approximate surface area is 224 Å². The van der Waals surface area contributed by atoms with Crippen LogP contribution in [0.25, 0.3) is 0 Å². The predicted molar refractivity (Wildman–Crippen MR) is 136 cm³/mol. The van der Waals surface area contributed by atoms with Gasteiger partial charge in [-0.2, -0.15) is 0 Å². The van der Waals surface area contributed by atoms with Crippen molar-refractivity contribution in [3.05, 3.63) is 71.8 Å². The van der Waals surface area contributed by atoms with Crippen LogP contribution in [-0.2, 0) is 19.1 Å². The highest BCUT2D eigenvalue weighted by Crippen LogP contribution is 2.65. The van der Waals surface area contributed by atoms with Gasteiger partial charge in [0, 0.05) is 12.1 Å². The molecule has 2 saturated carbocycles. The second kappa shape index (κ2) is 9.80. The highest BCUT2D eigenvalue weighted by atomic mass is 16.5. The molecule has 0 radical (unpaired) electrons. The van der Waals surface area contributed by atoms with Crippen LogP contribution < -0.4 is 9.47 Å². The number of likely N-dealkylation sites (tertiary alicyclic amines) is 1. The lowest BCUT2D eigenvalue weighted by molar-refractivity contribution is -0.145. The Morgan fingerprint density at radius 2 is 1.54 bits per heavy atom. The highest BCUT2D eigenvalue weighted by molar-refractivity contribution is 6.06. The minimum Gasteiger partial charge on any atom is -0.497 e. The molecule has 2 aromatic rings. The summed E-state index contributed by atoms with van der Waals surface area (Å²) in [6, 6.07) is 12.4. The van der Waals surface area contributed by atoms with Gasteiger partial charge >= 0.3 is 11.9 Å². The van der Waals surface area contributed by atoms with Crippen LogP contribution in [0.2, 0.25) is 0 Å². The van der Waals surface area contributed by atoms with Crippen LogP contribution in [0.15, 0.2) is 60.7 Å². The van der Waals surface area contributed by atoms with Gasteiger partial charge in [-0.3, -0.25) is 24.1 Å². The zero-order valence-electron chi connectivity index (χ0n) is 21.3. The topological polar surface area (TPSA) is 116 Å². The van der Waals surface area contributed by atoms with Gasteiger partial charge in [0.2, 0.25) is 11.8 Å². The molecule has 0 N–H and O–H groups in total. The summed E-state index contributed by atoms with van der Waals surface area (Å²) in [7, 11) is 1.50. The molecule has 0 spiro atoms. The van der Waals surface area contributed by atoms with Crippen molar-refractivity contribution in [2.45, 2.75) is 12.8 Å². The van der Waals surface area contributed by atoms with Crippen molar-refractivity contribution >= 4 is 29.5 Å². The normalized spacial score (nSPS) is 27.6. The smallest absolute Gasteiger partial charge is 0.343 e. The number of rotatable bonds is 9. The van der Waals surface area contributed by atoms with Crippen molar-refractivity contribution in [3.63, 3.8) is 0 Å². The summed E-state index contributed by atoms with van der Waals surface area (Å²) in [4.78, 5) is 64.4. The first-order chi connectivity index (χ1) is 18.9. The fraction of sp³-hybridized carbons (Fsp3) is 0.367. The molecule has 2 bridgehead atoms. The van der Waals surface area contributed by atoms with E-state index < -0.39 is 24.3 Å². The molecule has 7 rings (SSSR count). The molecule has 39 heavy (non-hydrogen) atoms. The number of hydrogen-bond donors (Lipinski definition) is 0. The number of benzene rings is 2. The third-order valence-corrected chi connectivity index (χ3v) is 8.35. The van der Waals surface area contributed by atoms with Gasteiger partial charge in [0.15, 0.2) is 12.4 Å². The van der Waals surface area contributed by atoms with Gasteiger partial charge < -0.3 is 14.2 Å². The Bertz CT molecular complexity index is 1360. The fourth-order valence-electron chi connectivity index (χ4n) is 6.37. The number of methoxy groups -OCH3 is 1. The average molecular weight is 530 g/mol. The minimum atomic E-state index is -0.661. The average Bonchev–Trinajstić information content (AvgIpc) is 3.74. The molecular formula is C30H27NO8. The van der Waals surface area contributed by atoms with Crippen molar-refractivity contribution in [1.82, 2.24) is 4.90 Å². The maximum atomic E-state index is 13.0. The van der Waals surface area contributed by atoms with E-state index in [0.717, 1.165) is 6.42 Å². The fourth-order valence-corrected chi connectivity index (χ4v) is 6.37. The van der Waals surface area contributed by atoms with Crippen LogP contribution in [0.1, 0.15) is 33.6 Å². The number of amides is 2. The van der Waals surface area contributed by atoms with Crippen LogP contribution in [0, 0.1) is 35.5 Å². The van der Waals surface area contributed by atoms with Gasteiger partial charge in [-0.1, -0.05) is 18.2 Å². The monoisotopic (exact) mass is 529 g/mol. The number of Topliss-reactive ketones (excluding diaryl/α,β-unsaturated/α-hetero) is 1. The maximum Gasteiger partial charge on any atom is 0.343 e. The van der Waals surface area contributed by atoms with E-state index in [0.29, 0.717) is 23.1 Å². The summed E-state index contributed by atoms with van der Waals surface area (Å²) in [5.41, 5.74) is 0.595. The number of allylic oxidation sites excluding steroid dienone is 2. The second-order valence-electron chi connectivity index (χ2n) is 10.5. The van der Waals surface area contributed by atoms with Crippen LogP contribution in [0.5, 0.6) is 11.5 Å². The van der Waals surface area contributed by atoms with Crippen LogP contribution >= 0.6 is 0 Å². The summed E-state index contributed by atoms with van der Waals surface area (Å²) in [5.74, 6) is -0.574. The Kier molecular flexibility index (Phi) is 6.29. The minimum absolute atomic E-state index is 0.0418. The first-order valence-electron chi connectivity index (χ1n) is 13.0. The summed E-state index contributed by atoms with van der Waals surface area (Å²) >= 11 is 0. The first-order valence-corrected chi connectivity index (χ1v) is 13.0. The molecule has 2 amide bonds. The Balaban J connectivity index is 0.974. The van der Waals surface area contributed by atoms with E-state index in [4.69, 9.17) is 14.2 Å².